The maximum absolute atomic E-state index is 12.1. The van der Waals surface area contributed by atoms with Gasteiger partial charge in [0.25, 0.3) is 5.91 Å². The van der Waals surface area contributed by atoms with E-state index in [2.05, 4.69) is 5.32 Å². The van der Waals surface area contributed by atoms with Gasteiger partial charge in [-0.15, -0.1) is 0 Å². The molecule has 1 aromatic carbocycles. The summed E-state index contributed by atoms with van der Waals surface area (Å²) in [7, 11) is 3.94. The summed E-state index contributed by atoms with van der Waals surface area (Å²) in [5, 5.41) is 14.1. The number of nitrogens with zero attached hydrogens (tertiary/aromatic N) is 2. The Hall–Kier alpha value is -2.40. The van der Waals surface area contributed by atoms with Gasteiger partial charge in [0.2, 0.25) is 0 Å². The van der Waals surface area contributed by atoms with E-state index in [-0.39, 0.29) is 11.9 Å². The maximum Gasteiger partial charge on any atom is 0.257 e. The second kappa shape index (κ2) is 6.85. The van der Waals surface area contributed by atoms with Gasteiger partial charge >= 0.3 is 0 Å². The number of hydrogen-bond donors (Lipinski definition) is 1. The summed E-state index contributed by atoms with van der Waals surface area (Å²) in [6, 6.07) is 13.2. The minimum atomic E-state index is -0.247. The number of aromatic nitrogens is 1. The molecule has 1 atom stereocenters. The first-order valence-corrected chi connectivity index (χ1v) is 6.76. The SMILES string of the molecule is CN(C)C(CNC(=O)c1ccc[n+]([O-])c1)c1ccccc1. The first-order chi connectivity index (χ1) is 10.1. The van der Waals surface area contributed by atoms with Crippen LogP contribution in [0.5, 0.6) is 0 Å². The number of pyridine rings is 1. The molecule has 1 heterocycles. The Morgan fingerprint density at radius 3 is 2.57 bits per heavy atom. The number of nitrogens with one attached hydrogen (secondary N) is 1. The van der Waals surface area contributed by atoms with E-state index in [0.717, 1.165) is 5.56 Å². The van der Waals surface area contributed by atoms with Crippen LogP contribution in [-0.4, -0.2) is 31.4 Å². The Balaban J connectivity index is 2.04. The molecule has 0 radical (unpaired) electrons. The molecule has 110 valence electrons. The number of likely N-dealkylation sites (N-methyl/N-ethyl adjacent to an activating group) is 1. The van der Waals surface area contributed by atoms with Crippen molar-refractivity contribution < 1.29 is 9.52 Å². The Labute approximate surface area is 124 Å². The van der Waals surface area contributed by atoms with Crippen LogP contribution in [0.25, 0.3) is 0 Å². The fourth-order valence-corrected chi connectivity index (χ4v) is 2.15. The molecule has 1 N–H and O–H groups in total. The molecule has 1 unspecified atom stereocenters. The van der Waals surface area contributed by atoms with Gasteiger partial charge in [0.1, 0.15) is 5.56 Å². The zero-order valence-corrected chi connectivity index (χ0v) is 12.2. The van der Waals surface area contributed by atoms with Crippen LogP contribution < -0.4 is 10.0 Å². The van der Waals surface area contributed by atoms with Crippen molar-refractivity contribution in [1.29, 1.82) is 0 Å². The van der Waals surface area contributed by atoms with Crippen molar-refractivity contribution in [3.05, 3.63) is 71.2 Å². The van der Waals surface area contributed by atoms with Crippen LogP contribution in [0.15, 0.2) is 54.9 Å². The van der Waals surface area contributed by atoms with Crippen molar-refractivity contribution in [2.45, 2.75) is 6.04 Å². The summed E-state index contributed by atoms with van der Waals surface area (Å²) in [5.41, 5.74) is 1.49. The zero-order chi connectivity index (χ0) is 15.2. The highest BCUT2D eigenvalue weighted by Gasteiger charge is 2.16. The molecule has 2 aromatic rings. The normalized spacial score (nSPS) is 12.1. The van der Waals surface area contributed by atoms with Crippen molar-refractivity contribution in [2.75, 3.05) is 20.6 Å². The van der Waals surface area contributed by atoms with Crippen LogP contribution in [0.3, 0.4) is 0 Å². The van der Waals surface area contributed by atoms with E-state index < -0.39 is 0 Å². The van der Waals surface area contributed by atoms with E-state index in [9.17, 15) is 10.0 Å². The first-order valence-electron chi connectivity index (χ1n) is 6.76. The monoisotopic (exact) mass is 285 g/mol. The third-order valence-electron chi connectivity index (χ3n) is 3.30. The fourth-order valence-electron chi connectivity index (χ4n) is 2.15. The number of rotatable bonds is 5. The molecule has 0 aliphatic rings. The highest BCUT2D eigenvalue weighted by Crippen LogP contribution is 2.16. The third-order valence-corrected chi connectivity index (χ3v) is 3.30. The van der Waals surface area contributed by atoms with Gasteiger partial charge in [0.05, 0.1) is 6.04 Å². The van der Waals surface area contributed by atoms with E-state index in [1.807, 2.05) is 49.3 Å². The first kappa shape index (κ1) is 15.0. The molecule has 5 nitrogen and oxygen atoms in total. The maximum atomic E-state index is 12.1. The molecule has 0 fully saturated rings. The Kier molecular flexibility index (Phi) is 4.90. The highest BCUT2D eigenvalue weighted by atomic mass is 16.5. The molecule has 0 aliphatic carbocycles. The molecule has 1 amide bonds. The average Bonchev–Trinajstić information content (AvgIpc) is 2.48. The number of benzene rings is 1. The molecule has 0 saturated carbocycles. The van der Waals surface area contributed by atoms with Gasteiger partial charge < -0.3 is 15.4 Å². The molecule has 0 saturated heterocycles. The second-order valence-corrected chi connectivity index (χ2v) is 5.05. The van der Waals surface area contributed by atoms with Crippen molar-refractivity contribution >= 4 is 5.91 Å². The summed E-state index contributed by atoms with van der Waals surface area (Å²) in [4.78, 5) is 14.1. The van der Waals surface area contributed by atoms with Crippen LogP contribution in [0.4, 0.5) is 0 Å². The predicted octanol–water partition coefficient (Wildman–Crippen LogP) is 1.35. The molecule has 0 aliphatic heterocycles. The van der Waals surface area contributed by atoms with Crippen LogP contribution >= 0.6 is 0 Å². The Morgan fingerprint density at radius 2 is 1.95 bits per heavy atom. The Morgan fingerprint density at radius 1 is 1.24 bits per heavy atom. The zero-order valence-electron chi connectivity index (χ0n) is 12.2. The number of carbonyl (C=O) groups is 1. The molecule has 0 bridgehead atoms. The summed E-state index contributed by atoms with van der Waals surface area (Å²) >= 11 is 0. The Bertz CT molecular complexity index is 599. The lowest BCUT2D eigenvalue weighted by atomic mass is 10.1. The average molecular weight is 285 g/mol. The van der Waals surface area contributed by atoms with E-state index in [0.29, 0.717) is 16.8 Å². The van der Waals surface area contributed by atoms with E-state index in [1.165, 1.54) is 12.4 Å². The summed E-state index contributed by atoms with van der Waals surface area (Å²) in [6.45, 7) is 0.476. The minimum Gasteiger partial charge on any atom is -0.619 e. The summed E-state index contributed by atoms with van der Waals surface area (Å²) < 4.78 is 0.621. The quantitative estimate of drug-likeness (QED) is 0.666. The van der Waals surface area contributed by atoms with Crippen LogP contribution in [0, 0.1) is 5.21 Å². The largest absolute Gasteiger partial charge is 0.619 e. The van der Waals surface area contributed by atoms with Gasteiger partial charge in [-0.2, -0.15) is 4.73 Å². The van der Waals surface area contributed by atoms with Crippen LogP contribution in [0.2, 0.25) is 0 Å². The van der Waals surface area contributed by atoms with Gasteiger partial charge in [0.15, 0.2) is 12.4 Å². The van der Waals surface area contributed by atoms with Crippen molar-refractivity contribution in [1.82, 2.24) is 10.2 Å². The summed E-state index contributed by atoms with van der Waals surface area (Å²) in [5.74, 6) is -0.247. The second-order valence-electron chi connectivity index (χ2n) is 5.05. The van der Waals surface area contributed by atoms with Crippen LogP contribution in [-0.2, 0) is 0 Å². The molecule has 1 aromatic heterocycles. The minimum absolute atomic E-state index is 0.0817. The standard InChI is InChI=1S/C16H19N3O2/c1-18(2)15(13-7-4-3-5-8-13)11-17-16(20)14-9-6-10-19(21)12-14/h3-10,12,15H,11H2,1-2H3,(H,17,20). The fraction of sp³-hybridized carbons (Fsp3) is 0.250. The third kappa shape index (κ3) is 4.03. The smallest absolute Gasteiger partial charge is 0.257 e. The summed E-state index contributed by atoms with van der Waals surface area (Å²) in [6.07, 6.45) is 2.62. The molecule has 0 spiro atoms. The number of amides is 1. The number of hydrogen-bond acceptors (Lipinski definition) is 3. The van der Waals surface area contributed by atoms with Gasteiger partial charge in [-0.05, 0) is 25.7 Å². The lowest BCUT2D eigenvalue weighted by Crippen LogP contribution is -2.35. The van der Waals surface area contributed by atoms with Crippen molar-refractivity contribution in [3.63, 3.8) is 0 Å². The highest BCUT2D eigenvalue weighted by molar-refractivity contribution is 5.93. The predicted molar refractivity (Wildman–Crippen MR) is 80.6 cm³/mol. The van der Waals surface area contributed by atoms with Crippen molar-refractivity contribution in [3.8, 4) is 0 Å². The van der Waals surface area contributed by atoms with Gasteiger partial charge in [0, 0.05) is 12.6 Å². The van der Waals surface area contributed by atoms with Gasteiger partial charge in [-0.3, -0.25) is 4.79 Å². The molecule has 2 rings (SSSR count). The van der Waals surface area contributed by atoms with E-state index >= 15 is 0 Å². The lowest BCUT2D eigenvalue weighted by Gasteiger charge is -2.25. The molecule has 21 heavy (non-hydrogen) atoms. The molecular formula is C16H19N3O2. The van der Waals surface area contributed by atoms with Crippen LogP contribution in [0.1, 0.15) is 22.0 Å². The lowest BCUT2D eigenvalue weighted by molar-refractivity contribution is -0.605. The van der Waals surface area contributed by atoms with Crippen molar-refractivity contribution in [2.24, 2.45) is 0 Å². The molecule has 5 heteroatoms. The van der Waals surface area contributed by atoms with Gasteiger partial charge in [-0.1, -0.05) is 30.3 Å². The van der Waals surface area contributed by atoms with Gasteiger partial charge in [-0.25, -0.2) is 0 Å². The van der Waals surface area contributed by atoms with E-state index in [4.69, 9.17) is 0 Å². The van der Waals surface area contributed by atoms with E-state index in [1.54, 1.807) is 12.1 Å². The molecular weight excluding hydrogens is 266 g/mol. The topological polar surface area (TPSA) is 59.3 Å². The number of carbonyl (C=O) groups excluding carboxylic acids is 1.